The average Bonchev–Trinajstić information content (AvgIpc) is 2.63. The van der Waals surface area contributed by atoms with Crippen molar-refractivity contribution in [2.75, 3.05) is 11.5 Å². The summed E-state index contributed by atoms with van der Waals surface area (Å²) in [6.45, 7) is 2.31. The van der Waals surface area contributed by atoms with E-state index in [2.05, 4.69) is 54.7 Å². The first-order valence-corrected chi connectivity index (χ1v) is 11.8. The highest BCUT2D eigenvalue weighted by atomic mass is 32.2. The molecule has 1 saturated heterocycles. The van der Waals surface area contributed by atoms with Crippen molar-refractivity contribution >= 4 is 23.5 Å². The van der Waals surface area contributed by atoms with Crippen molar-refractivity contribution in [1.82, 2.24) is 0 Å². The predicted molar refractivity (Wildman–Crippen MR) is 108 cm³/mol. The fraction of sp³-hybridized carbons (Fsp3) is 0.714. The van der Waals surface area contributed by atoms with Gasteiger partial charge in [0.2, 0.25) is 0 Å². The van der Waals surface area contributed by atoms with E-state index in [1.54, 1.807) is 5.56 Å². The summed E-state index contributed by atoms with van der Waals surface area (Å²) in [4.78, 5) is 0. The van der Waals surface area contributed by atoms with Gasteiger partial charge < -0.3 is 0 Å². The Morgan fingerprint density at radius 3 is 2.17 bits per heavy atom. The summed E-state index contributed by atoms with van der Waals surface area (Å²) >= 11 is 4.26. The second-order valence-electron chi connectivity index (χ2n) is 7.31. The van der Waals surface area contributed by atoms with Crippen molar-refractivity contribution in [3.05, 3.63) is 35.4 Å². The molecular weight excluding hydrogens is 316 g/mol. The molecule has 128 valence electrons. The Balaban J connectivity index is 1.48. The molecule has 1 aliphatic carbocycles. The third-order valence-electron chi connectivity index (χ3n) is 5.57. The quantitative estimate of drug-likeness (QED) is 0.491. The van der Waals surface area contributed by atoms with Gasteiger partial charge in [0.1, 0.15) is 0 Å². The second kappa shape index (κ2) is 9.42. The lowest BCUT2D eigenvalue weighted by molar-refractivity contribution is 0.303. The maximum atomic E-state index is 2.44. The fourth-order valence-electron chi connectivity index (χ4n) is 4.07. The molecule has 0 spiro atoms. The maximum Gasteiger partial charge on any atom is 0.0751 e. The molecule has 1 saturated carbocycles. The largest absolute Gasteiger partial charge is 0.143 e. The van der Waals surface area contributed by atoms with Crippen LogP contribution in [0.1, 0.15) is 86.3 Å². The predicted octanol–water partition coefficient (Wildman–Crippen LogP) is 7.41. The third kappa shape index (κ3) is 5.19. The number of benzene rings is 1. The van der Waals surface area contributed by atoms with Gasteiger partial charge in [-0.25, -0.2) is 0 Å². The standard InChI is InChI=1S/C21H32S2/c1-2-3-4-6-17-7-9-18(10-8-17)19-11-13-20(14-12-19)21-22-15-5-16-23-21/h11-14,17-18,21H,2-10,15-16H2,1H3. The first-order valence-electron chi connectivity index (χ1n) is 9.70. The van der Waals surface area contributed by atoms with Crippen LogP contribution < -0.4 is 0 Å². The van der Waals surface area contributed by atoms with Gasteiger partial charge in [-0.1, -0.05) is 56.9 Å². The first-order chi connectivity index (χ1) is 11.4. The van der Waals surface area contributed by atoms with E-state index in [4.69, 9.17) is 0 Å². The molecule has 2 heteroatoms. The van der Waals surface area contributed by atoms with Gasteiger partial charge in [-0.15, -0.1) is 23.5 Å². The molecule has 1 heterocycles. The molecule has 0 aromatic heterocycles. The molecule has 2 aliphatic rings. The molecule has 0 unspecified atom stereocenters. The van der Waals surface area contributed by atoms with Crippen LogP contribution in [0.5, 0.6) is 0 Å². The average molecular weight is 349 g/mol. The lowest BCUT2D eigenvalue weighted by atomic mass is 9.77. The van der Waals surface area contributed by atoms with Crippen molar-refractivity contribution in [2.45, 2.75) is 75.2 Å². The molecule has 1 aromatic rings. The van der Waals surface area contributed by atoms with Crippen LogP contribution in [0.4, 0.5) is 0 Å². The molecular formula is C21H32S2. The van der Waals surface area contributed by atoms with E-state index in [0.29, 0.717) is 4.58 Å². The van der Waals surface area contributed by atoms with E-state index in [0.717, 1.165) is 11.8 Å². The highest BCUT2D eigenvalue weighted by molar-refractivity contribution is 8.16. The van der Waals surface area contributed by atoms with E-state index < -0.39 is 0 Å². The number of thioether (sulfide) groups is 2. The van der Waals surface area contributed by atoms with Crippen molar-refractivity contribution in [3.63, 3.8) is 0 Å². The molecule has 0 amide bonds. The van der Waals surface area contributed by atoms with Crippen molar-refractivity contribution < 1.29 is 0 Å². The molecule has 1 aromatic carbocycles. The molecule has 0 bridgehead atoms. The minimum atomic E-state index is 0.687. The van der Waals surface area contributed by atoms with Gasteiger partial charge in [0.15, 0.2) is 0 Å². The van der Waals surface area contributed by atoms with E-state index in [9.17, 15) is 0 Å². The van der Waals surface area contributed by atoms with Crippen LogP contribution >= 0.6 is 23.5 Å². The van der Waals surface area contributed by atoms with E-state index in [1.807, 2.05) is 0 Å². The number of hydrogen-bond donors (Lipinski definition) is 0. The van der Waals surface area contributed by atoms with Crippen LogP contribution in [0.15, 0.2) is 24.3 Å². The Morgan fingerprint density at radius 1 is 0.870 bits per heavy atom. The summed E-state index contributed by atoms with van der Waals surface area (Å²) in [5, 5.41) is 0. The van der Waals surface area contributed by atoms with Crippen LogP contribution in [0, 0.1) is 5.92 Å². The Hall–Kier alpha value is -0.0800. The Labute approximate surface area is 151 Å². The minimum Gasteiger partial charge on any atom is -0.143 e. The highest BCUT2D eigenvalue weighted by Gasteiger charge is 2.22. The highest BCUT2D eigenvalue weighted by Crippen LogP contribution is 2.44. The molecule has 0 atom stereocenters. The molecule has 0 radical (unpaired) electrons. The van der Waals surface area contributed by atoms with Crippen LogP contribution in [-0.4, -0.2) is 11.5 Å². The van der Waals surface area contributed by atoms with Gasteiger partial charge in [-0.3, -0.25) is 0 Å². The Morgan fingerprint density at radius 2 is 1.52 bits per heavy atom. The maximum absolute atomic E-state index is 2.44. The van der Waals surface area contributed by atoms with Crippen molar-refractivity contribution in [1.29, 1.82) is 0 Å². The van der Waals surface area contributed by atoms with Gasteiger partial charge in [-0.05, 0) is 66.6 Å². The second-order valence-corrected chi connectivity index (χ2v) is 10.0. The van der Waals surface area contributed by atoms with Crippen LogP contribution in [0.25, 0.3) is 0 Å². The zero-order chi connectivity index (χ0) is 15.9. The normalized spacial score (nSPS) is 26.3. The van der Waals surface area contributed by atoms with E-state index >= 15 is 0 Å². The summed E-state index contributed by atoms with van der Waals surface area (Å²) in [6, 6.07) is 9.71. The van der Waals surface area contributed by atoms with Crippen LogP contribution in [-0.2, 0) is 0 Å². The van der Waals surface area contributed by atoms with Gasteiger partial charge in [0.25, 0.3) is 0 Å². The van der Waals surface area contributed by atoms with Gasteiger partial charge in [-0.2, -0.15) is 0 Å². The third-order valence-corrected chi connectivity index (χ3v) is 8.58. The first kappa shape index (κ1) is 17.7. The van der Waals surface area contributed by atoms with E-state index in [-0.39, 0.29) is 0 Å². The zero-order valence-corrected chi connectivity index (χ0v) is 16.3. The van der Waals surface area contributed by atoms with Crippen LogP contribution in [0.2, 0.25) is 0 Å². The fourth-order valence-corrected chi connectivity index (χ4v) is 6.97. The van der Waals surface area contributed by atoms with Crippen molar-refractivity contribution in [2.24, 2.45) is 5.92 Å². The lowest BCUT2D eigenvalue weighted by Crippen LogP contribution is -2.13. The number of rotatable bonds is 6. The number of unbranched alkanes of at least 4 members (excludes halogenated alkanes) is 2. The molecule has 0 N–H and O–H groups in total. The molecule has 1 aliphatic heterocycles. The van der Waals surface area contributed by atoms with Crippen molar-refractivity contribution in [3.8, 4) is 0 Å². The summed E-state index contributed by atoms with van der Waals surface area (Å²) in [7, 11) is 0. The molecule has 2 fully saturated rings. The lowest BCUT2D eigenvalue weighted by Gasteiger charge is -2.29. The van der Waals surface area contributed by atoms with Gasteiger partial charge in [0.05, 0.1) is 4.58 Å². The Bertz CT molecular complexity index is 439. The summed E-state index contributed by atoms with van der Waals surface area (Å²) < 4.78 is 0.687. The monoisotopic (exact) mass is 348 g/mol. The van der Waals surface area contributed by atoms with Gasteiger partial charge in [0, 0.05) is 0 Å². The SMILES string of the molecule is CCCCCC1CCC(c2ccc(C3SCCCS3)cc2)CC1. The molecule has 23 heavy (non-hydrogen) atoms. The minimum absolute atomic E-state index is 0.687. The number of hydrogen-bond acceptors (Lipinski definition) is 2. The summed E-state index contributed by atoms with van der Waals surface area (Å²) in [5.41, 5.74) is 3.14. The smallest absolute Gasteiger partial charge is 0.0751 e. The van der Waals surface area contributed by atoms with Crippen LogP contribution in [0.3, 0.4) is 0 Å². The molecule has 0 nitrogen and oxygen atoms in total. The Kier molecular flexibility index (Phi) is 7.26. The molecule has 3 rings (SSSR count). The summed E-state index contributed by atoms with van der Waals surface area (Å²) in [6.07, 6.45) is 12.9. The zero-order valence-electron chi connectivity index (χ0n) is 14.6. The van der Waals surface area contributed by atoms with Gasteiger partial charge >= 0.3 is 0 Å². The summed E-state index contributed by atoms with van der Waals surface area (Å²) in [5.74, 6) is 4.52. The van der Waals surface area contributed by atoms with E-state index in [1.165, 1.54) is 74.9 Å². The topological polar surface area (TPSA) is 0 Å².